The van der Waals surface area contributed by atoms with Crippen molar-refractivity contribution in [1.82, 2.24) is 0 Å². The van der Waals surface area contributed by atoms with Gasteiger partial charge in [-0.15, -0.1) is 0 Å². The average molecular weight is 252 g/mol. The van der Waals surface area contributed by atoms with Crippen LogP contribution in [0.3, 0.4) is 0 Å². The molecule has 0 unspecified atom stereocenters. The Kier molecular flexibility index (Phi) is 3.80. The van der Waals surface area contributed by atoms with Gasteiger partial charge in [0.2, 0.25) is 0 Å². The Hall–Kier alpha value is -1.56. The molecule has 0 fully saturated rings. The number of benzene rings is 1. The van der Waals surface area contributed by atoms with Crippen LogP contribution in [0.5, 0.6) is 0 Å². The Morgan fingerprint density at radius 2 is 1.89 bits per heavy atom. The summed E-state index contributed by atoms with van der Waals surface area (Å²) in [6.45, 7) is 17.4. The number of hydrogen-bond donors (Lipinski definition) is 0. The van der Waals surface area contributed by atoms with E-state index in [4.69, 9.17) is 0 Å². The second-order valence-electron chi connectivity index (χ2n) is 5.62. The number of hydrogen-bond acceptors (Lipinski definition) is 0. The van der Waals surface area contributed by atoms with Gasteiger partial charge >= 0.3 is 0 Å². The molecule has 1 aromatic rings. The van der Waals surface area contributed by atoms with Crippen LogP contribution in [0.15, 0.2) is 36.4 Å². The van der Waals surface area contributed by atoms with E-state index in [-0.39, 0.29) is 0 Å². The summed E-state index contributed by atoms with van der Waals surface area (Å²) in [7, 11) is 0. The summed E-state index contributed by atoms with van der Waals surface area (Å²) in [5.41, 5.74) is 10.6. The molecule has 1 aliphatic rings. The summed E-state index contributed by atoms with van der Waals surface area (Å²) in [6, 6.07) is 2.30. The lowest BCUT2D eigenvalue weighted by Crippen LogP contribution is -2.07. The minimum absolute atomic E-state index is 1.01. The Balaban J connectivity index is 2.48. The molecular formula is C19H24. The fourth-order valence-electron chi connectivity index (χ4n) is 2.93. The predicted molar refractivity (Wildman–Crippen MR) is 85.5 cm³/mol. The molecule has 0 saturated carbocycles. The second kappa shape index (κ2) is 5.21. The van der Waals surface area contributed by atoms with Crippen LogP contribution >= 0.6 is 0 Å². The van der Waals surface area contributed by atoms with E-state index >= 15 is 0 Å². The van der Waals surface area contributed by atoms with Crippen molar-refractivity contribution in [2.45, 2.75) is 47.0 Å². The lowest BCUT2D eigenvalue weighted by atomic mass is 9.80. The van der Waals surface area contributed by atoms with E-state index in [1.54, 1.807) is 0 Å². The third-order valence-electron chi connectivity index (χ3n) is 4.39. The van der Waals surface area contributed by atoms with Crippen LogP contribution in [0.1, 0.15) is 47.6 Å². The summed E-state index contributed by atoms with van der Waals surface area (Å²) >= 11 is 0. The summed E-state index contributed by atoms with van der Waals surface area (Å²) in [5.74, 6) is 0. The lowest BCUT2D eigenvalue weighted by molar-refractivity contribution is 0.918. The van der Waals surface area contributed by atoms with Crippen LogP contribution in [-0.4, -0.2) is 0 Å². The topological polar surface area (TPSA) is 0 Å². The third kappa shape index (κ3) is 2.32. The molecule has 19 heavy (non-hydrogen) atoms. The highest BCUT2D eigenvalue weighted by atomic mass is 14.2. The van der Waals surface area contributed by atoms with Gasteiger partial charge in [-0.2, -0.15) is 0 Å². The van der Waals surface area contributed by atoms with Crippen molar-refractivity contribution in [3.05, 3.63) is 64.3 Å². The maximum atomic E-state index is 4.32. The minimum Gasteiger partial charge on any atom is -0.0952 e. The highest BCUT2D eigenvalue weighted by Gasteiger charge is 2.19. The van der Waals surface area contributed by atoms with Gasteiger partial charge in [-0.25, -0.2) is 0 Å². The van der Waals surface area contributed by atoms with Crippen molar-refractivity contribution in [3.63, 3.8) is 0 Å². The standard InChI is InChI=1S/C19H24/c1-7-8-12(2)17-9-10-18-15(5)14(4)13(3)11-19(18)16(17)6/h9,11H,2,6-8,10H2,1,3-5H3. The molecule has 0 aliphatic heterocycles. The molecule has 1 aromatic carbocycles. The first-order chi connectivity index (χ1) is 8.97. The largest absolute Gasteiger partial charge is 0.0952 e. The van der Waals surface area contributed by atoms with Crippen LogP contribution in [0, 0.1) is 20.8 Å². The van der Waals surface area contributed by atoms with Gasteiger partial charge in [0.15, 0.2) is 0 Å². The Bertz CT molecular complexity index is 583. The Morgan fingerprint density at radius 3 is 2.53 bits per heavy atom. The van der Waals surface area contributed by atoms with Crippen molar-refractivity contribution in [1.29, 1.82) is 0 Å². The number of allylic oxidation sites excluding steroid dienone is 4. The Morgan fingerprint density at radius 1 is 1.21 bits per heavy atom. The summed E-state index contributed by atoms with van der Waals surface area (Å²) in [5, 5.41) is 0. The van der Waals surface area contributed by atoms with E-state index in [1.165, 1.54) is 39.0 Å². The number of rotatable bonds is 3. The molecule has 0 heterocycles. The Labute approximate surface area is 117 Å². The average Bonchev–Trinajstić information content (AvgIpc) is 2.38. The fourth-order valence-corrected chi connectivity index (χ4v) is 2.93. The molecule has 0 saturated heterocycles. The van der Waals surface area contributed by atoms with Crippen LogP contribution in [0.4, 0.5) is 0 Å². The number of fused-ring (bicyclic) bond motifs is 1. The molecule has 0 amide bonds. The SMILES string of the molecule is C=C(CCC)C1=CCc2c(cc(C)c(C)c2C)C1=C. The van der Waals surface area contributed by atoms with Gasteiger partial charge in [0.25, 0.3) is 0 Å². The van der Waals surface area contributed by atoms with Crippen molar-refractivity contribution in [2.24, 2.45) is 0 Å². The lowest BCUT2D eigenvalue weighted by Gasteiger charge is -2.25. The predicted octanol–water partition coefficient (Wildman–Crippen LogP) is 5.46. The van der Waals surface area contributed by atoms with Gasteiger partial charge in [-0.3, -0.25) is 0 Å². The van der Waals surface area contributed by atoms with Gasteiger partial charge in [0.05, 0.1) is 0 Å². The molecule has 0 bridgehead atoms. The maximum Gasteiger partial charge on any atom is -0.00792 e. The monoisotopic (exact) mass is 252 g/mol. The third-order valence-corrected chi connectivity index (χ3v) is 4.39. The molecule has 0 radical (unpaired) electrons. The molecule has 0 nitrogen and oxygen atoms in total. The second-order valence-corrected chi connectivity index (χ2v) is 5.62. The quantitative estimate of drug-likeness (QED) is 0.669. The van der Waals surface area contributed by atoms with E-state index < -0.39 is 0 Å². The van der Waals surface area contributed by atoms with E-state index in [1.807, 2.05) is 0 Å². The highest BCUT2D eigenvalue weighted by Crippen LogP contribution is 2.38. The van der Waals surface area contributed by atoms with Crippen LogP contribution in [-0.2, 0) is 6.42 Å². The van der Waals surface area contributed by atoms with Gasteiger partial charge in [0, 0.05) is 0 Å². The smallest absolute Gasteiger partial charge is 0.00792 e. The van der Waals surface area contributed by atoms with Crippen molar-refractivity contribution in [2.75, 3.05) is 0 Å². The van der Waals surface area contributed by atoms with Gasteiger partial charge in [0.1, 0.15) is 0 Å². The first kappa shape index (κ1) is 13.9. The van der Waals surface area contributed by atoms with Gasteiger partial charge < -0.3 is 0 Å². The first-order valence-corrected chi connectivity index (χ1v) is 7.15. The molecule has 0 heteroatoms. The van der Waals surface area contributed by atoms with Gasteiger partial charge in [-0.05, 0) is 78.1 Å². The highest BCUT2D eigenvalue weighted by molar-refractivity contribution is 5.86. The van der Waals surface area contributed by atoms with Crippen molar-refractivity contribution >= 4 is 5.57 Å². The summed E-state index contributed by atoms with van der Waals surface area (Å²) in [4.78, 5) is 0. The molecular weight excluding hydrogens is 228 g/mol. The van der Waals surface area contributed by atoms with Crippen LogP contribution < -0.4 is 0 Å². The zero-order valence-corrected chi connectivity index (χ0v) is 12.7. The molecule has 0 spiro atoms. The molecule has 1 aliphatic carbocycles. The fraction of sp³-hybridized carbons (Fsp3) is 0.368. The van der Waals surface area contributed by atoms with Crippen LogP contribution in [0.2, 0.25) is 0 Å². The molecule has 100 valence electrons. The molecule has 2 rings (SSSR count). The van der Waals surface area contributed by atoms with E-state index in [2.05, 4.69) is 53.0 Å². The van der Waals surface area contributed by atoms with Gasteiger partial charge in [-0.1, -0.05) is 38.6 Å². The van der Waals surface area contributed by atoms with Crippen LogP contribution in [0.25, 0.3) is 5.57 Å². The summed E-state index contributed by atoms with van der Waals surface area (Å²) in [6.07, 6.45) is 5.52. The van der Waals surface area contributed by atoms with Crippen molar-refractivity contribution < 1.29 is 0 Å². The zero-order valence-electron chi connectivity index (χ0n) is 12.7. The maximum absolute atomic E-state index is 4.32. The normalized spacial score (nSPS) is 14.1. The molecule has 0 atom stereocenters. The first-order valence-electron chi connectivity index (χ1n) is 7.15. The van der Waals surface area contributed by atoms with Crippen molar-refractivity contribution in [3.8, 4) is 0 Å². The van der Waals surface area contributed by atoms with E-state index in [9.17, 15) is 0 Å². The zero-order chi connectivity index (χ0) is 14.2. The van der Waals surface area contributed by atoms with E-state index in [0.717, 1.165) is 24.8 Å². The number of aryl methyl sites for hydroxylation is 1. The van der Waals surface area contributed by atoms with E-state index in [0.29, 0.717) is 0 Å². The minimum atomic E-state index is 1.01. The molecule has 0 N–H and O–H groups in total. The molecule has 0 aromatic heterocycles. The summed E-state index contributed by atoms with van der Waals surface area (Å²) < 4.78 is 0.